The van der Waals surface area contributed by atoms with Gasteiger partial charge in [0.25, 0.3) is 5.91 Å². The number of thiophene rings is 1. The van der Waals surface area contributed by atoms with E-state index in [0.717, 1.165) is 34.4 Å². The van der Waals surface area contributed by atoms with E-state index >= 15 is 0 Å². The predicted octanol–water partition coefficient (Wildman–Crippen LogP) is 4.93. The molecule has 1 aliphatic heterocycles. The average Bonchev–Trinajstić information content (AvgIpc) is 3.21. The van der Waals surface area contributed by atoms with Gasteiger partial charge in [0.1, 0.15) is 5.58 Å². The van der Waals surface area contributed by atoms with E-state index in [4.69, 9.17) is 16.0 Å². The highest BCUT2D eigenvalue weighted by Crippen LogP contribution is 2.32. The first-order valence-corrected chi connectivity index (χ1v) is 11.0. The largest absolute Gasteiger partial charge is 0.422 e. The molecule has 1 saturated heterocycles. The van der Waals surface area contributed by atoms with E-state index < -0.39 is 5.63 Å². The normalized spacial score (nSPS) is 14.6. The summed E-state index contributed by atoms with van der Waals surface area (Å²) >= 11 is 7.47. The Balaban J connectivity index is 1.41. The molecular formula is C23H19ClN2O3S. The van der Waals surface area contributed by atoms with E-state index in [-0.39, 0.29) is 5.91 Å². The van der Waals surface area contributed by atoms with Crippen molar-refractivity contribution in [2.45, 2.75) is 6.92 Å². The highest BCUT2D eigenvalue weighted by molar-refractivity contribution is 7.21. The molecule has 1 amide bonds. The van der Waals surface area contributed by atoms with Crippen LogP contribution in [0.5, 0.6) is 0 Å². The maximum absolute atomic E-state index is 13.1. The van der Waals surface area contributed by atoms with Gasteiger partial charge in [0.05, 0.1) is 15.0 Å². The van der Waals surface area contributed by atoms with Crippen LogP contribution in [0.25, 0.3) is 21.1 Å². The molecule has 0 aliphatic carbocycles. The molecule has 1 fully saturated rings. The second-order valence-corrected chi connectivity index (χ2v) is 8.99. The van der Waals surface area contributed by atoms with E-state index in [2.05, 4.69) is 4.90 Å². The third-order valence-corrected chi connectivity index (χ3v) is 6.88. The number of aryl methyl sites for hydroxylation is 1. The van der Waals surface area contributed by atoms with Crippen molar-refractivity contribution in [3.63, 3.8) is 0 Å². The Morgan fingerprint density at radius 3 is 2.60 bits per heavy atom. The van der Waals surface area contributed by atoms with Crippen molar-refractivity contribution in [2.24, 2.45) is 0 Å². The van der Waals surface area contributed by atoms with Crippen molar-refractivity contribution in [2.75, 3.05) is 31.1 Å². The van der Waals surface area contributed by atoms with Crippen LogP contribution < -0.4 is 10.5 Å². The SMILES string of the molecule is Cc1ccc2oc(=O)c3cc(C(=O)N4CCN(c5cccc(Cl)c5)CC4)sc3c2c1. The zero-order valence-electron chi connectivity index (χ0n) is 16.4. The lowest BCUT2D eigenvalue weighted by Gasteiger charge is -2.36. The van der Waals surface area contributed by atoms with Gasteiger partial charge in [-0.05, 0) is 43.3 Å². The summed E-state index contributed by atoms with van der Waals surface area (Å²) in [6.07, 6.45) is 0. The quantitative estimate of drug-likeness (QED) is 0.416. The van der Waals surface area contributed by atoms with Gasteiger partial charge in [-0.2, -0.15) is 0 Å². The number of hydrogen-bond acceptors (Lipinski definition) is 5. The molecule has 2 aromatic heterocycles. The maximum atomic E-state index is 13.1. The first-order valence-electron chi connectivity index (χ1n) is 9.76. The lowest BCUT2D eigenvalue weighted by Crippen LogP contribution is -2.48. The van der Waals surface area contributed by atoms with E-state index in [9.17, 15) is 9.59 Å². The van der Waals surface area contributed by atoms with E-state index in [1.165, 1.54) is 11.3 Å². The Morgan fingerprint density at radius 1 is 1.03 bits per heavy atom. The third-order valence-electron chi connectivity index (χ3n) is 5.49. The minimum absolute atomic E-state index is 0.0397. The Bertz CT molecular complexity index is 1340. The standard InChI is InChI=1S/C23H19ClN2O3S/c1-14-5-6-19-17(11-14)21-18(23(28)29-19)13-20(30-21)22(27)26-9-7-25(8-10-26)16-4-2-3-15(24)12-16/h2-6,11-13H,7-10H2,1H3. The Labute approximate surface area is 182 Å². The van der Waals surface area contributed by atoms with Gasteiger partial charge in [0.15, 0.2) is 0 Å². The van der Waals surface area contributed by atoms with Gasteiger partial charge in [-0.1, -0.05) is 29.3 Å². The highest BCUT2D eigenvalue weighted by atomic mass is 35.5. The van der Waals surface area contributed by atoms with Crippen LogP contribution in [0.15, 0.2) is 57.7 Å². The number of amides is 1. The van der Waals surface area contributed by atoms with Crippen LogP contribution in [0, 0.1) is 6.92 Å². The first-order chi connectivity index (χ1) is 14.5. The molecule has 1 aliphatic rings. The highest BCUT2D eigenvalue weighted by Gasteiger charge is 2.25. The average molecular weight is 439 g/mol. The maximum Gasteiger partial charge on any atom is 0.345 e. The zero-order valence-corrected chi connectivity index (χ0v) is 17.9. The molecule has 7 heteroatoms. The van der Waals surface area contributed by atoms with E-state index in [1.54, 1.807) is 6.07 Å². The van der Waals surface area contributed by atoms with Crippen molar-refractivity contribution in [3.8, 4) is 0 Å². The van der Waals surface area contributed by atoms with Crippen molar-refractivity contribution in [1.82, 2.24) is 4.90 Å². The van der Waals surface area contributed by atoms with Gasteiger partial charge >= 0.3 is 5.63 Å². The molecular weight excluding hydrogens is 420 g/mol. The lowest BCUT2D eigenvalue weighted by molar-refractivity contribution is 0.0751. The van der Waals surface area contributed by atoms with Crippen LogP contribution in [0.3, 0.4) is 0 Å². The summed E-state index contributed by atoms with van der Waals surface area (Å²) in [4.78, 5) is 30.2. The van der Waals surface area contributed by atoms with Gasteiger partial charge in [-0.3, -0.25) is 4.79 Å². The number of nitrogens with zero attached hydrogens (tertiary/aromatic N) is 2. The number of halogens is 1. The summed E-state index contributed by atoms with van der Waals surface area (Å²) in [7, 11) is 0. The number of fused-ring (bicyclic) bond motifs is 3. The van der Waals surface area contributed by atoms with Crippen LogP contribution in [-0.4, -0.2) is 37.0 Å². The Hall–Kier alpha value is -2.83. The Morgan fingerprint density at radius 2 is 1.83 bits per heavy atom. The molecule has 0 bridgehead atoms. The molecule has 5 nitrogen and oxygen atoms in total. The summed E-state index contributed by atoms with van der Waals surface area (Å²) in [5.74, 6) is -0.0397. The summed E-state index contributed by atoms with van der Waals surface area (Å²) in [5, 5.41) is 2.05. The monoisotopic (exact) mass is 438 g/mol. The number of piperazine rings is 1. The molecule has 0 atom stereocenters. The minimum atomic E-state index is -0.401. The molecule has 30 heavy (non-hydrogen) atoms. The van der Waals surface area contributed by atoms with Crippen LogP contribution >= 0.6 is 22.9 Å². The molecule has 0 unspecified atom stereocenters. The van der Waals surface area contributed by atoms with E-state index in [1.807, 2.05) is 54.3 Å². The molecule has 152 valence electrons. The number of hydrogen-bond donors (Lipinski definition) is 0. The number of carbonyl (C=O) groups excluding carboxylic acids is 1. The summed E-state index contributed by atoms with van der Waals surface area (Å²) < 4.78 is 6.26. The summed E-state index contributed by atoms with van der Waals surface area (Å²) in [6, 6.07) is 15.2. The first kappa shape index (κ1) is 19.2. The molecule has 4 aromatic rings. The molecule has 0 spiro atoms. The third kappa shape index (κ3) is 3.36. The second-order valence-electron chi connectivity index (χ2n) is 7.50. The van der Waals surface area contributed by atoms with Gasteiger partial charge in [0, 0.05) is 42.3 Å². The van der Waals surface area contributed by atoms with Crippen molar-refractivity contribution in [3.05, 3.63) is 74.4 Å². The number of anilines is 1. The van der Waals surface area contributed by atoms with Crippen LogP contribution in [0.2, 0.25) is 5.02 Å². The van der Waals surface area contributed by atoms with Crippen LogP contribution in [0.4, 0.5) is 5.69 Å². The van der Waals surface area contributed by atoms with E-state index in [0.29, 0.717) is 34.0 Å². The molecule has 5 rings (SSSR count). The summed E-state index contributed by atoms with van der Waals surface area (Å²) in [5.41, 5.74) is 2.29. The van der Waals surface area contributed by atoms with Gasteiger partial charge < -0.3 is 14.2 Å². The summed E-state index contributed by atoms with van der Waals surface area (Å²) in [6.45, 7) is 4.71. The minimum Gasteiger partial charge on any atom is -0.422 e. The second kappa shape index (κ2) is 7.45. The molecule has 3 heterocycles. The Kier molecular flexibility index (Phi) is 4.76. The molecule has 0 radical (unpaired) electrons. The van der Waals surface area contributed by atoms with Gasteiger partial charge in [0.2, 0.25) is 0 Å². The molecule has 2 aromatic carbocycles. The van der Waals surface area contributed by atoms with Gasteiger partial charge in [-0.15, -0.1) is 11.3 Å². The van der Waals surface area contributed by atoms with Crippen LogP contribution in [-0.2, 0) is 0 Å². The lowest BCUT2D eigenvalue weighted by atomic mass is 10.1. The fraction of sp³-hybridized carbons (Fsp3) is 0.217. The molecule has 0 saturated carbocycles. The topological polar surface area (TPSA) is 53.8 Å². The molecule has 0 N–H and O–H groups in total. The fourth-order valence-corrected chi connectivity index (χ4v) is 5.23. The number of carbonyl (C=O) groups is 1. The smallest absolute Gasteiger partial charge is 0.345 e. The fourth-order valence-electron chi connectivity index (χ4n) is 3.91. The van der Waals surface area contributed by atoms with Gasteiger partial charge in [-0.25, -0.2) is 4.79 Å². The number of rotatable bonds is 2. The van der Waals surface area contributed by atoms with Crippen molar-refractivity contribution < 1.29 is 9.21 Å². The number of benzene rings is 2. The van der Waals surface area contributed by atoms with Crippen molar-refractivity contribution >= 4 is 55.6 Å². The zero-order chi connectivity index (χ0) is 20.8. The van der Waals surface area contributed by atoms with Crippen LogP contribution in [0.1, 0.15) is 15.2 Å². The predicted molar refractivity (Wildman–Crippen MR) is 122 cm³/mol. The van der Waals surface area contributed by atoms with Crippen molar-refractivity contribution in [1.29, 1.82) is 0 Å².